The standard InChI is InChI=1S/C19H14BrN/c1-21-18-9-5-2-6-13(18)12-19(21)16-10-11-17(20)15-8-4-3-7-14(15)16/h2-12H,1H3. The third kappa shape index (κ3) is 1.90. The minimum atomic E-state index is 1.14. The molecule has 3 aromatic carbocycles. The van der Waals surface area contributed by atoms with E-state index in [2.05, 4.69) is 94.3 Å². The highest BCUT2D eigenvalue weighted by Crippen LogP contribution is 2.35. The first-order valence-corrected chi connectivity index (χ1v) is 7.77. The Kier molecular flexibility index (Phi) is 2.86. The zero-order chi connectivity index (χ0) is 14.4. The number of nitrogens with zero attached hydrogens (tertiary/aromatic N) is 1. The van der Waals surface area contributed by atoms with Crippen LogP contribution in [-0.4, -0.2) is 4.57 Å². The molecule has 0 radical (unpaired) electrons. The summed E-state index contributed by atoms with van der Waals surface area (Å²) in [6.45, 7) is 0. The number of aryl methyl sites for hydroxylation is 1. The van der Waals surface area contributed by atoms with Gasteiger partial charge in [-0.25, -0.2) is 0 Å². The van der Waals surface area contributed by atoms with Crippen LogP contribution >= 0.6 is 15.9 Å². The fraction of sp³-hybridized carbons (Fsp3) is 0.0526. The summed E-state index contributed by atoms with van der Waals surface area (Å²) >= 11 is 3.65. The highest BCUT2D eigenvalue weighted by atomic mass is 79.9. The highest BCUT2D eigenvalue weighted by Gasteiger charge is 2.11. The minimum Gasteiger partial charge on any atom is -0.344 e. The largest absolute Gasteiger partial charge is 0.344 e. The molecule has 1 heterocycles. The maximum atomic E-state index is 3.65. The molecule has 4 aromatic rings. The Hall–Kier alpha value is -2.06. The van der Waals surface area contributed by atoms with E-state index in [0.29, 0.717) is 0 Å². The topological polar surface area (TPSA) is 4.93 Å². The van der Waals surface area contributed by atoms with E-state index in [0.717, 1.165) is 4.47 Å². The number of rotatable bonds is 1. The van der Waals surface area contributed by atoms with Gasteiger partial charge in [0.15, 0.2) is 0 Å². The van der Waals surface area contributed by atoms with Gasteiger partial charge in [-0.05, 0) is 29.0 Å². The monoisotopic (exact) mass is 335 g/mol. The van der Waals surface area contributed by atoms with E-state index in [4.69, 9.17) is 0 Å². The number of para-hydroxylation sites is 1. The lowest BCUT2D eigenvalue weighted by molar-refractivity contribution is 0.979. The molecule has 1 aromatic heterocycles. The van der Waals surface area contributed by atoms with Crippen molar-refractivity contribution in [2.75, 3.05) is 0 Å². The predicted molar refractivity (Wildman–Crippen MR) is 93.6 cm³/mol. The van der Waals surface area contributed by atoms with Crippen LogP contribution in [0.2, 0.25) is 0 Å². The zero-order valence-electron chi connectivity index (χ0n) is 11.7. The minimum absolute atomic E-state index is 1.14. The van der Waals surface area contributed by atoms with Crippen molar-refractivity contribution in [1.82, 2.24) is 4.57 Å². The normalized spacial score (nSPS) is 11.3. The molecule has 0 saturated heterocycles. The molecule has 0 aliphatic rings. The fourth-order valence-electron chi connectivity index (χ4n) is 3.03. The first kappa shape index (κ1) is 12.7. The van der Waals surface area contributed by atoms with Crippen molar-refractivity contribution >= 4 is 37.6 Å². The predicted octanol–water partition coefficient (Wildman–Crippen LogP) is 5.76. The molecule has 2 heteroatoms. The second kappa shape index (κ2) is 4.74. The summed E-state index contributed by atoms with van der Waals surface area (Å²) in [7, 11) is 2.13. The second-order valence-electron chi connectivity index (χ2n) is 5.29. The molecule has 0 atom stereocenters. The lowest BCUT2D eigenvalue weighted by atomic mass is 10.0. The molecule has 102 valence electrons. The van der Waals surface area contributed by atoms with Crippen LogP contribution in [-0.2, 0) is 7.05 Å². The SMILES string of the molecule is Cn1c(-c2ccc(Br)c3ccccc23)cc2ccccc21. The van der Waals surface area contributed by atoms with Gasteiger partial charge in [-0.1, -0.05) is 64.5 Å². The molecule has 0 fully saturated rings. The van der Waals surface area contributed by atoms with E-state index in [9.17, 15) is 0 Å². The zero-order valence-corrected chi connectivity index (χ0v) is 13.3. The van der Waals surface area contributed by atoms with E-state index >= 15 is 0 Å². The smallest absolute Gasteiger partial charge is 0.0494 e. The Morgan fingerprint density at radius 2 is 1.52 bits per heavy atom. The van der Waals surface area contributed by atoms with Crippen molar-refractivity contribution in [2.24, 2.45) is 7.05 Å². The Balaban J connectivity index is 2.10. The summed E-state index contributed by atoms with van der Waals surface area (Å²) in [4.78, 5) is 0. The van der Waals surface area contributed by atoms with Crippen LogP contribution in [0.5, 0.6) is 0 Å². The van der Waals surface area contributed by atoms with Gasteiger partial charge in [0, 0.05) is 33.7 Å². The summed E-state index contributed by atoms with van der Waals surface area (Å²) in [5.41, 5.74) is 3.78. The first-order chi connectivity index (χ1) is 10.3. The quantitative estimate of drug-likeness (QED) is 0.416. The molecule has 0 unspecified atom stereocenters. The van der Waals surface area contributed by atoms with Gasteiger partial charge in [0.2, 0.25) is 0 Å². The number of aromatic nitrogens is 1. The van der Waals surface area contributed by atoms with Gasteiger partial charge in [0.25, 0.3) is 0 Å². The van der Waals surface area contributed by atoms with Crippen molar-refractivity contribution in [2.45, 2.75) is 0 Å². The van der Waals surface area contributed by atoms with Gasteiger partial charge < -0.3 is 4.57 Å². The Morgan fingerprint density at radius 3 is 2.33 bits per heavy atom. The van der Waals surface area contributed by atoms with Crippen LogP contribution in [0.25, 0.3) is 32.9 Å². The van der Waals surface area contributed by atoms with Crippen LogP contribution < -0.4 is 0 Å². The molecular weight excluding hydrogens is 322 g/mol. The molecule has 21 heavy (non-hydrogen) atoms. The maximum Gasteiger partial charge on any atom is 0.0494 e. The van der Waals surface area contributed by atoms with Crippen LogP contribution in [0, 0.1) is 0 Å². The molecule has 0 N–H and O–H groups in total. The average molecular weight is 336 g/mol. The molecule has 0 bridgehead atoms. The Labute approximate surface area is 132 Å². The number of hydrogen-bond donors (Lipinski definition) is 0. The number of hydrogen-bond acceptors (Lipinski definition) is 0. The molecular formula is C19H14BrN. The second-order valence-corrected chi connectivity index (χ2v) is 6.14. The highest BCUT2D eigenvalue weighted by molar-refractivity contribution is 9.10. The molecule has 0 saturated carbocycles. The molecule has 0 aliphatic carbocycles. The van der Waals surface area contributed by atoms with Crippen LogP contribution in [0.4, 0.5) is 0 Å². The summed E-state index contributed by atoms with van der Waals surface area (Å²) in [6, 6.07) is 23.6. The Morgan fingerprint density at radius 1 is 0.810 bits per heavy atom. The molecule has 0 spiro atoms. The van der Waals surface area contributed by atoms with Crippen molar-refractivity contribution in [3.63, 3.8) is 0 Å². The van der Waals surface area contributed by atoms with E-state index in [-0.39, 0.29) is 0 Å². The van der Waals surface area contributed by atoms with Gasteiger partial charge in [-0.3, -0.25) is 0 Å². The molecule has 4 rings (SSSR count). The number of fused-ring (bicyclic) bond motifs is 2. The lowest BCUT2D eigenvalue weighted by Gasteiger charge is -2.10. The summed E-state index contributed by atoms with van der Waals surface area (Å²) in [5.74, 6) is 0. The van der Waals surface area contributed by atoms with Gasteiger partial charge >= 0.3 is 0 Å². The van der Waals surface area contributed by atoms with Crippen molar-refractivity contribution in [1.29, 1.82) is 0 Å². The summed E-state index contributed by atoms with van der Waals surface area (Å²) in [6.07, 6.45) is 0. The summed E-state index contributed by atoms with van der Waals surface area (Å²) < 4.78 is 3.41. The number of halogens is 1. The van der Waals surface area contributed by atoms with Crippen LogP contribution in [0.1, 0.15) is 0 Å². The van der Waals surface area contributed by atoms with Gasteiger partial charge in [0.05, 0.1) is 0 Å². The van der Waals surface area contributed by atoms with Crippen LogP contribution in [0.3, 0.4) is 0 Å². The molecule has 0 aliphatic heterocycles. The van der Waals surface area contributed by atoms with Crippen molar-refractivity contribution in [3.8, 4) is 11.3 Å². The third-order valence-corrected chi connectivity index (χ3v) is 4.79. The van der Waals surface area contributed by atoms with E-state index in [1.807, 2.05) is 0 Å². The van der Waals surface area contributed by atoms with Crippen LogP contribution in [0.15, 0.2) is 71.2 Å². The molecule has 0 amide bonds. The maximum absolute atomic E-state index is 3.65. The average Bonchev–Trinajstić information content (AvgIpc) is 2.86. The van der Waals surface area contributed by atoms with E-state index in [1.54, 1.807) is 0 Å². The van der Waals surface area contributed by atoms with E-state index < -0.39 is 0 Å². The van der Waals surface area contributed by atoms with Gasteiger partial charge in [-0.2, -0.15) is 0 Å². The number of benzene rings is 3. The van der Waals surface area contributed by atoms with E-state index in [1.165, 1.54) is 32.9 Å². The first-order valence-electron chi connectivity index (χ1n) is 6.98. The Bertz CT molecular complexity index is 966. The van der Waals surface area contributed by atoms with Crippen molar-refractivity contribution < 1.29 is 0 Å². The van der Waals surface area contributed by atoms with Gasteiger partial charge in [-0.15, -0.1) is 0 Å². The van der Waals surface area contributed by atoms with Gasteiger partial charge in [0.1, 0.15) is 0 Å². The molecule has 1 nitrogen and oxygen atoms in total. The lowest BCUT2D eigenvalue weighted by Crippen LogP contribution is -1.92. The van der Waals surface area contributed by atoms with Crippen molar-refractivity contribution in [3.05, 3.63) is 71.2 Å². The summed E-state index contributed by atoms with van der Waals surface area (Å²) in [5, 5.41) is 3.81. The fourth-order valence-corrected chi connectivity index (χ4v) is 3.51. The third-order valence-electron chi connectivity index (χ3n) is 4.10.